The number of likely N-dealkylation sites (tertiary alicyclic amines) is 2. The third kappa shape index (κ3) is 7.34. The van der Waals surface area contributed by atoms with Gasteiger partial charge in [-0.25, -0.2) is 19.6 Å². The summed E-state index contributed by atoms with van der Waals surface area (Å²) in [6, 6.07) is 10.1. The van der Waals surface area contributed by atoms with Gasteiger partial charge in [0.2, 0.25) is 11.8 Å². The average Bonchev–Trinajstić information content (AvgIpc) is 4.03. The number of methoxy groups -OCH3 is 2. The van der Waals surface area contributed by atoms with E-state index in [4.69, 9.17) is 23.9 Å². The number of fused-ring (bicyclic) bond motifs is 3. The number of imidazole rings is 2. The highest BCUT2D eigenvalue weighted by atomic mass is 16.5. The van der Waals surface area contributed by atoms with Gasteiger partial charge in [-0.05, 0) is 73.9 Å². The van der Waals surface area contributed by atoms with Crippen molar-refractivity contribution >= 4 is 45.9 Å². The van der Waals surface area contributed by atoms with Crippen molar-refractivity contribution in [3.63, 3.8) is 0 Å². The van der Waals surface area contributed by atoms with Gasteiger partial charge in [0.05, 0.1) is 50.1 Å². The number of nitrogens with zero attached hydrogens (tertiary/aromatic N) is 4. The molecule has 2 fully saturated rings. The fourth-order valence-corrected chi connectivity index (χ4v) is 7.80. The van der Waals surface area contributed by atoms with Crippen LogP contribution in [0.15, 0.2) is 53.2 Å². The number of furan rings is 1. The molecule has 2 aliphatic heterocycles. The smallest absolute Gasteiger partial charge is 0.407 e. The molecule has 2 aromatic carbocycles. The van der Waals surface area contributed by atoms with Crippen molar-refractivity contribution in [2.24, 2.45) is 11.8 Å². The average molecular weight is 753 g/mol. The molecule has 2 saturated heterocycles. The van der Waals surface area contributed by atoms with E-state index in [2.05, 4.69) is 32.7 Å². The number of amides is 4. The molecule has 5 aromatic rings. The second kappa shape index (κ2) is 15.5. The number of nitrogens with one attached hydrogen (secondary N) is 4. The molecule has 0 spiro atoms. The van der Waals surface area contributed by atoms with Crippen LogP contribution in [0, 0.1) is 11.8 Å². The van der Waals surface area contributed by atoms with Crippen LogP contribution in [-0.4, -0.2) is 93.1 Å². The SMILES string of the molecule is COC(=O)N[C@H](C(=O)N1CCC[C@H]1c1ncc(-c2ccc3oc4ccc(-c5cnc([C@@H]6CCCN6C(=O)[C@@H](NC(=O)OC)C(C)C)[nH]5)cc4c3c2)[nH]1)C(C)C. The summed E-state index contributed by atoms with van der Waals surface area (Å²) in [7, 11) is 2.57. The van der Waals surface area contributed by atoms with Gasteiger partial charge in [0.25, 0.3) is 0 Å². The molecule has 4 N–H and O–H groups in total. The Labute approximate surface area is 318 Å². The molecule has 3 aromatic heterocycles. The maximum Gasteiger partial charge on any atom is 0.407 e. The Bertz CT molecular complexity index is 2070. The first-order valence-electron chi connectivity index (χ1n) is 18.8. The first-order chi connectivity index (χ1) is 26.5. The van der Waals surface area contributed by atoms with E-state index in [9.17, 15) is 19.2 Å². The fourth-order valence-electron chi connectivity index (χ4n) is 7.80. The summed E-state index contributed by atoms with van der Waals surface area (Å²) < 4.78 is 15.8. The quantitative estimate of drug-likeness (QED) is 0.124. The summed E-state index contributed by atoms with van der Waals surface area (Å²) in [4.78, 5) is 71.2. The third-order valence-electron chi connectivity index (χ3n) is 10.8. The summed E-state index contributed by atoms with van der Waals surface area (Å²) >= 11 is 0. The van der Waals surface area contributed by atoms with Gasteiger partial charge in [-0.15, -0.1) is 0 Å². The van der Waals surface area contributed by atoms with E-state index in [1.165, 1.54) is 14.2 Å². The minimum Gasteiger partial charge on any atom is -0.456 e. The lowest BCUT2D eigenvalue weighted by Crippen LogP contribution is -2.51. The Hall–Kier alpha value is -5.86. The van der Waals surface area contributed by atoms with Crippen molar-refractivity contribution in [2.75, 3.05) is 27.3 Å². The van der Waals surface area contributed by atoms with E-state index >= 15 is 0 Å². The molecule has 0 unspecified atom stereocenters. The van der Waals surface area contributed by atoms with Gasteiger partial charge < -0.3 is 44.3 Å². The number of H-pyrrole nitrogens is 2. The molecule has 55 heavy (non-hydrogen) atoms. The molecule has 0 saturated carbocycles. The van der Waals surface area contributed by atoms with Crippen molar-refractivity contribution in [1.29, 1.82) is 0 Å². The predicted octanol–water partition coefficient (Wildman–Crippen LogP) is 6.45. The number of hydrogen-bond acceptors (Lipinski definition) is 9. The van der Waals surface area contributed by atoms with Gasteiger partial charge in [0, 0.05) is 35.0 Å². The predicted molar refractivity (Wildman–Crippen MR) is 205 cm³/mol. The Kier molecular flexibility index (Phi) is 10.5. The molecule has 0 bridgehead atoms. The highest BCUT2D eigenvalue weighted by Crippen LogP contribution is 2.37. The minimum absolute atomic E-state index is 0.124. The normalized spacial score (nSPS) is 18.3. The van der Waals surface area contributed by atoms with E-state index in [1.807, 2.05) is 52.0 Å². The second-order valence-corrected chi connectivity index (χ2v) is 15.0. The zero-order valence-electron chi connectivity index (χ0n) is 32.0. The number of hydrogen-bond donors (Lipinski definition) is 4. The summed E-state index contributed by atoms with van der Waals surface area (Å²) in [5.41, 5.74) is 4.94. The minimum atomic E-state index is -0.710. The van der Waals surface area contributed by atoms with Crippen LogP contribution >= 0.6 is 0 Å². The van der Waals surface area contributed by atoms with Crippen LogP contribution in [0.2, 0.25) is 0 Å². The molecule has 2 aliphatic rings. The first-order valence-corrected chi connectivity index (χ1v) is 18.8. The van der Waals surface area contributed by atoms with Crippen LogP contribution in [0.3, 0.4) is 0 Å². The molecule has 0 aliphatic carbocycles. The van der Waals surface area contributed by atoms with E-state index in [1.54, 1.807) is 22.2 Å². The van der Waals surface area contributed by atoms with Crippen molar-refractivity contribution < 1.29 is 33.1 Å². The van der Waals surface area contributed by atoms with E-state index in [0.29, 0.717) is 24.7 Å². The van der Waals surface area contributed by atoms with Gasteiger partial charge >= 0.3 is 12.2 Å². The van der Waals surface area contributed by atoms with E-state index in [0.717, 1.165) is 70.1 Å². The van der Waals surface area contributed by atoms with Crippen LogP contribution in [0.5, 0.6) is 0 Å². The highest BCUT2D eigenvalue weighted by molar-refractivity contribution is 6.07. The van der Waals surface area contributed by atoms with Gasteiger partial charge in [-0.3, -0.25) is 9.59 Å². The molecule has 5 heterocycles. The molecule has 15 nitrogen and oxygen atoms in total. The lowest BCUT2D eigenvalue weighted by atomic mass is 10.0. The van der Waals surface area contributed by atoms with Crippen LogP contribution in [0.4, 0.5) is 9.59 Å². The standard InChI is InChI=1S/C40H48N8O7/c1-21(2)33(45-39(51)53-5)37(49)47-15-7-9-29(47)35-41-19-27(43-35)23-11-13-31-25(17-23)26-18-24(12-14-32(26)55-31)28-20-42-36(44-28)30-10-8-16-48(30)38(50)34(22(3)4)46-40(52)54-6/h11-14,17-22,29-30,33-34H,7-10,15-16H2,1-6H3,(H,41,43)(H,42,44)(H,45,51)(H,46,52)/t29-,30-,33-,34-/m0/s1. The topological polar surface area (TPSA) is 188 Å². The van der Waals surface area contributed by atoms with Crippen LogP contribution in [0.25, 0.3) is 44.5 Å². The Morgan fingerprint density at radius 2 is 1.13 bits per heavy atom. The van der Waals surface area contributed by atoms with Crippen molar-refractivity contribution in [3.05, 3.63) is 60.4 Å². The summed E-state index contributed by atoms with van der Waals surface area (Å²) in [6.07, 6.45) is 5.47. The molecular formula is C40H48N8O7. The van der Waals surface area contributed by atoms with Gasteiger partial charge in [0.1, 0.15) is 34.9 Å². The van der Waals surface area contributed by atoms with Crippen molar-refractivity contribution in [1.82, 2.24) is 40.4 Å². The number of rotatable bonds is 10. The van der Waals surface area contributed by atoms with Gasteiger partial charge in [0.15, 0.2) is 0 Å². The molecule has 0 radical (unpaired) electrons. The number of aromatic nitrogens is 4. The van der Waals surface area contributed by atoms with Crippen molar-refractivity contribution in [3.8, 4) is 22.5 Å². The summed E-state index contributed by atoms with van der Waals surface area (Å²) in [5.74, 6) is 0.821. The van der Waals surface area contributed by atoms with Crippen LogP contribution in [-0.2, 0) is 19.1 Å². The number of ether oxygens (including phenoxy) is 2. The number of benzene rings is 2. The molecule has 290 valence electrons. The summed E-state index contributed by atoms with van der Waals surface area (Å²) in [6.45, 7) is 8.72. The molecular weight excluding hydrogens is 704 g/mol. The lowest BCUT2D eigenvalue weighted by Gasteiger charge is -2.30. The highest BCUT2D eigenvalue weighted by Gasteiger charge is 2.39. The Morgan fingerprint density at radius 3 is 1.51 bits per heavy atom. The number of carbonyl (C=O) groups is 4. The molecule has 4 amide bonds. The van der Waals surface area contributed by atoms with Crippen molar-refractivity contribution in [2.45, 2.75) is 77.5 Å². The van der Waals surface area contributed by atoms with Gasteiger partial charge in [-0.1, -0.05) is 27.7 Å². The summed E-state index contributed by atoms with van der Waals surface area (Å²) in [5, 5.41) is 7.26. The maximum absolute atomic E-state index is 13.6. The number of alkyl carbamates (subject to hydrolysis) is 2. The molecule has 4 atom stereocenters. The van der Waals surface area contributed by atoms with E-state index in [-0.39, 0.29) is 35.7 Å². The van der Waals surface area contributed by atoms with E-state index < -0.39 is 24.3 Å². The van der Waals surface area contributed by atoms with Gasteiger partial charge in [-0.2, -0.15) is 0 Å². The largest absolute Gasteiger partial charge is 0.456 e. The first kappa shape index (κ1) is 37.5. The lowest BCUT2D eigenvalue weighted by molar-refractivity contribution is -0.136. The zero-order chi connectivity index (χ0) is 39.0. The molecule has 15 heteroatoms. The molecule has 7 rings (SSSR count). The van der Waals surface area contributed by atoms with Crippen LogP contribution in [0.1, 0.15) is 77.1 Å². The number of aromatic amines is 2. The third-order valence-corrected chi connectivity index (χ3v) is 10.8. The number of carbonyl (C=O) groups excluding carboxylic acids is 4. The zero-order valence-corrected chi connectivity index (χ0v) is 32.0. The Morgan fingerprint density at radius 1 is 0.709 bits per heavy atom. The Balaban J connectivity index is 1.12. The second-order valence-electron chi connectivity index (χ2n) is 15.0. The fraction of sp³-hybridized carbons (Fsp3) is 0.450. The monoisotopic (exact) mass is 752 g/mol. The maximum atomic E-state index is 13.6. The van der Waals surface area contributed by atoms with Crippen LogP contribution < -0.4 is 10.6 Å².